The molecule has 6 nitrogen and oxygen atoms in total. The number of imidazole rings is 1. The van der Waals surface area contributed by atoms with Gasteiger partial charge in [0.2, 0.25) is 0 Å². The van der Waals surface area contributed by atoms with Gasteiger partial charge in [-0.1, -0.05) is 23.7 Å². The van der Waals surface area contributed by atoms with Gasteiger partial charge in [-0.2, -0.15) is 0 Å². The molecule has 0 bridgehead atoms. The lowest BCUT2D eigenvalue weighted by atomic mass is 10.1. The van der Waals surface area contributed by atoms with Gasteiger partial charge in [-0.15, -0.1) is 0 Å². The highest BCUT2D eigenvalue weighted by molar-refractivity contribution is 6.30. The second-order valence-electron chi connectivity index (χ2n) is 6.95. The number of hydrogen-bond acceptors (Lipinski definition) is 4. The van der Waals surface area contributed by atoms with E-state index in [0.29, 0.717) is 10.6 Å². The minimum Gasteiger partial charge on any atom is -0.350 e. The van der Waals surface area contributed by atoms with Crippen LogP contribution in [0.1, 0.15) is 24.2 Å². The number of nitrogens with one attached hydrogen (secondary N) is 2. The Balaban J connectivity index is 1.69. The van der Waals surface area contributed by atoms with Gasteiger partial charge in [0.25, 0.3) is 5.91 Å². The fraction of sp³-hybridized carbons (Fsp3) is 0.136. The predicted octanol–water partition coefficient (Wildman–Crippen LogP) is 4.93. The average Bonchev–Trinajstić information content (AvgIpc) is 3.07. The number of hydrogen-bond donors (Lipinski definition) is 2. The van der Waals surface area contributed by atoms with E-state index in [1.54, 1.807) is 24.5 Å². The molecule has 0 aliphatic carbocycles. The van der Waals surface area contributed by atoms with Crippen molar-refractivity contribution in [2.45, 2.75) is 19.9 Å². The Hall–Kier alpha value is -3.38. The molecule has 0 spiro atoms. The molecule has 0 aliphatic rings. The molecule has 29 heavy (non-hydrogen) atoms. The average molecular weight is 406 g/mol. The van der Waals surface area contributed by atoms with Crippen LogP contribution in [0.4, 0.5) is 11.5 Å². The van der Waals surface area contributed by atoms with Gasteiger partial charge in [-0.05, 0) is 50.2 Å². The number of amides is 1. The van der Waals surface area contributed by atoms with Crippen molar-refractivity contribution in [2.24, 2.45) is 0 Å². The number of nitrogens with zero attached hydrogens (tertiary/aromatic N) is 3. The summed E-state index contributed by atoms with van der Waals surface area (Å²) in [6.45, 7) is 3.87. The number of anilines is 2. The van der Waals surface area contributed by atoms with Gasteiger partial charge in [-0.25, -0.2) is 4.98 Å². The van der Waals surface area contributed by atoms with Crippen molar-refractivity contribution in [3.05, 3.63) is 77.7 Å². The van der Waals surface area contributed by atoms with Crippen molar-refractivity contribution in [3.63, 3.8) is 0 Å². The van der Waals surface area contributed by atoms with Crippen LogP contribution in [0.2, 0.25) is 5.02 Å². The van der Waals surface area contributed by atoms with Gasteiger partial charge in [0.15, 0.2) is 5.65 Å². The number of rotatable bonds is 5. The second kappa shape index (κ2) is 7.93. The first kappa shape index (κ1) is 19.0. The zero-order valence-corrected chi connectivity index (χ0v) is 16.8. The van der Waals surface area contributed by atoms with E-state index in [1.165, 1.54) is 0 Å². The molecule has 0 radical (unpaired) electrons. The van der Waals surface area contributed by atoms with E-state index in [-0.39, 0.29) is 11.9 Å². The van der Waals surface area contributed by atoms with Crippen molar-refractivity contribution in [1.29, 1.82) is 0 Å². The largest absolute Gasteiger partial charge is 0.350 e. The van der Waals surface area contributed by atoms with Crippen molar-refractivity contribution in [3.8, 4) is 11.3 Å². The van der Waals surface area contributed by atoms with Crippen LogP contribution in [-0.2, 0) is 0 Å². The summed E-state index contributed by atoms with van der Waals surface area (Å²) in [5, 5.41) is 6.99. The van der Waals surface area contributed by atoms with Gasteiger partial charge in [-0.3, -0.25) is 14.2 Å². The SMILES string of the molecule is CC(C)NC(=O)c1ccc(Nc2c(-c3ccc(Cl)cc3)nc3cnccn23)cc1. The Morgan fingerprint density at radius 2 is 1.79 bits per heavy atom. The summed E-state index contributed by atoms with van der Waals surface area (Å²) in [6, 6.07) is 15.0. The van der Waals surface area contributed by atoms with Crippen LogP contribution in [0, 0.1) is 0 Å². The van der Waals surface area contributed by atoms with E-state index in [4.69, 9.17) is 16.6 Å². The molecule has 2 heterocycles. The van der Waals surface area contributed by atoms with E-state index in [2.05, 4.69) is 15.6 Å². The second-order valence-corrected chi connectivity index (χ2v) is 7.39. The summed E-state index contributed by atoms with van der Waals surface area (Å²) < 4.78 is 1.94. The molecule has 2 aromatic heterocycles. The van der Waals surface area contributed by atoms with E-state index in [9.17, 15) is 4.79 Å². The number of aromatic nitrogens is 3. The minimum absolute atomic E-state index is 0.0886. The number of fused-ring (bicyclic) bond motifs is 1. The highest BCUT2D eigenvalue weighted by Crippen LogP contribution is 2.31. The molecule has 0 saturated carbocycles. The predicted molar refractivity (Wildman–Crippen MR) is 116 cm³/mol. The van der Waals surface area contributed by atoms with Gasteiger partial charge < -0.3 is 10.6 Å². The topological polar surface area (TPSA) is 71.3 Å². The third kappa shape index (κ3) is 4.07. The lowest BCUT2D eigenvalue weighted by molar-refractivity contribution is 0.0943. The molecule has 4 aromatic rings. The molecule has 1 amide bonds. The highest BCUT2D eigenvalue weighted by atomic mass is 35.5. The number of benzene rings is 2. The molecule has 2 aromatic carbocycles. The Morgan fingerprint density at radius 1 is 1.07 bits per heavy atom. The molecule has 146 valence electrons. The molecule has 2 N–H and O–H groups in total. The third-order valence-corrected chi connectivity index (χ3v) is 4.63. The summed E-state index contributed by atoms with van der Waals surface area (Å²) in [6.07, 6.45) is 5.28. The number of carbonyl (C=O) groups is 1. The Bertz CT molecular complexity index is 1150. The van der Waals surface area contributed by atoms with Crippen LogP contribution in [0.5, 0.6) is 0 Å². The van der Waals surface area contributed by atoms with E-state index in [0.717, 1.165) is 28.4 Å². The van der Waals surface area contributed by atoms with Gasteiger partial charge >= 0.3 is 0 Å². The third-order valence-electron chi connectivity index (χ3n) is 4.38. The molecule has 0 atom stereocenters. The molecular weight excluding hydrogens is 386 g/mol. The highest BCUT2D eigenvalue weighted by Gasteiger charge is 2.15. The molecule has 7 heteroatoms. The van der Waals surface area contributed by atoms with E-state index < -0.39 is 0 Å². The van der Waals surface area contributed by atoms with Gasteiger partial charge in [0.1, 0.15) is 11.5 Å². The molecule has 0 aliphatic heterocycles. The first-order valence-corrected chi connectivity index (χ1v) is 9.65. The van der Waals surface area contributed by atoms with Crippen LogP contribution in [0.15, 0.2) is 67.1 Å². The first-order chi connectivity index (χ1) is 14.0. The minimum atomic E-state index is -0.0886. The van der Waals surface area contributed by atoms with Gasteiger partial charge in [0, 0.05) is 40.3 Å². The van der Waals surface area contributed by atoms with Crippen LogP contribution in [0.25, 0.3) is 16.9 Å². The Kier molecular flexibility index (Phi) is 5.18. The number of halogens is 1. The molecule has 0 saturated heterocycles. The van der Waals surface area contributed by atoms with Crippen molar-refractivity contribution >= 4 is 34.7 Å². The molecular formula is C22H20ClN5O. The lowest BCUT2D eigenvalue weighted by Crippen LogP contribution is -2.29. The quantitative estimate of drug-likeness (QED) is 0.493. The lowest BCUT2D eigenvalue weighted by Gasteiger charge is -2.11. The maximum Gasteiger partial charge on any atom is 0.251 e. The monoisotopic (exact) mass is 405 g/mol. The smallest absolute Gasteiger partial charge is 0.251 e. The Labute approximate surface area is 173 Å². The van der Waals surface area contributed by atoms with Crippen LogP contribution in [0.3, 0.4) is 0 Å². The van der Waals surface area contributed by atoms with Crippen molar-refractivity contribution in [2.75, 3.05) is 5.32 Å². The molecule has 4 rings (SSSR count). The first-order valence-electron chi connectivity index (χ1n) is 9.27. The summed E-state index contributed by atoms with van der Waals surface area (Å²) in [4.78, 5) is 21.0. The normalized spacial score (nSPS) is 11.0. The summed E-state index contributed by atoms with van der Waals surface area (Å²) in [5.41, 5.74) is 3.92. The fourth-order valence-electron chi connectivity index (χ4n) is 3.02. The van der Waals surface area contributed by atoms with Gasteiger partial charge in [0.05, 0.1) is 6.20 Å². The number of carbonyl (C=O) groups excluding carboxylic acids is 1. The standard InChI is InChI=1S/C22H20ClN5O/c1-14(2)25-22(29)16-5-9-18(10-6-16)26-21-20(15-3-7-17(23)8-4-15)27-19-13-24-11-12-28(19)21/h3-14,26H,1-2H3,(H,25,29). The zero-order chi connectivity index (χ0) is 20.4. The van der Waals surface area contributed by atoms with Crippen molar-refractivity contribution < 1.29 is 4.79 Å². The van der Waals surface area contributed by atoms with Crippen molar-refractivity contribution in [1.82, 2.24) is 19.7 Å². The van der Waals surface area contributed by atoms with Crippen LogP contribution in [-0.4, -0.2) is 26.3 Å². The van der Waals surface area contributed by atoms with Crippen LogP contribution < -0.4 is 10.6 Å². The fourth-order valence-corrected chi connectivity index (χ4v) is 3.15. The summed E-state index contributed by atoms with van der Waals surface area (Å²) in [5.74, 6) is 0.721. The zero-order valence-electron chi connectivity index (χ0n) is 16.1. The summed E-state index contributed by atoms with van der Waals surface area (Å²) in [7, 11) is 0. The molecule has 0 fully saturated rings. The van der Waals surface area contributed by atoms with E-state index in [1.807, 2.05) is 60.8 Å². The molecule has 0 unspecified atom stereocenters. The summed E-state index contributed by atoms with van der Waals surface area (Å²) >= 11 is 6.04. The maximum absolute atomic E-state index is 12.2. The maximum atomic E-state index is 12.2. The Morgan fingerprint density at radius 3 is 2.48 bits per heavy atom. The van der Waals surface area contributed by atoms with Crippen LogP contribution >= 0.6 is 11.6 Å². The van der Waals surface area contributed by atoms with E-state index >= 15 is 0 Å².